The van der Waals surface area contributed by atoms with Crippen LogP contribution in [0.25, 0.3) is 0 Å². The van der Waals surface area contributed by atoms with Crippen molar-refractivity contribution in [3.63, 3.8) is 0 Å². The van der Waals surface area contributed by atoms with Gasteiger partial charge in [-0.15, -0.1) is 11.6 Å². The van der Waals surface area contributed by atoms with E-state index in [4.69, 9.17) is 11.6 Å². The monoisotopic (exact) mass is 209 g/mol. The van der Waals surface area contributed by atoms with Gasteiger partial charge in [0, 0.05) is 11.9 Å². The van der Waals surface area contributed by atoms with Gasteiger partial charge in [0.2, 0.25) is 0 Å². The zero-order chi connectivity index (χ0) is 9.23. The highest BCUT2D eigenvalue weighted by molar-refractivity contribution is 7.98. The van der Waals surface area contributed by atoms with E-state index in [1.54, 1.807) is 0 Å². The molecule has 12 heavy (non-hydrogen) atoms. The van der Waals surface area contributed by atoms with Crippen LogP contribution < -0.4 is 5.32 Å². The van der Waals surface area contributed by atoms with Crippen molar-refractivity contribution in [2.24, 2.45) is 0 Å². The normalized spacial score (nSPS) is 13.2. The third-order valence-electron chi connectivity index (χ3n) is 1.79. The Hall–Kier alpha value is 0.600. The predicted molar refractivity (Wildman–Crippen MR) is 60.4 cm³/mol. The van der Waals surface area contributed by atoms with Crippen LogP contribution in [-0.4, -0.2) is 30.5 Å². The molecule has 0 aromatic rings. The lowest BCUT2D eigenvalue weighted by atomic mass is 10.2. The van der Waals surface area contributed by atoms with Gasteiger partial charge in [0.1, 0.15) is 0 Å². The van der Waals surface area contributed by atoms with Crippen molar-refractivity contribution >= 4 is 23.4 Å². The largest absolute Gasteiger partial charge is 0.314 e. The zero-order valence-electron chi connectivity index (χ0n) is 8.11. The van der Waals surface area contributed by atoms with E-state index >= 15 is 0 Å². The van der Waals surface area contributed by atoms with Crippen LogP contribution in [0.2, 0.25) is 0 Å². The maximum absolute atomic E-state index is 5.60. The Morgan fingerprint density at radius 2 is 2.17 bits per heavy atom. The second-order valence-electron chi connectivity index (χ2n) is 3.03. The Kier molecular flexibility index (Phi) is 10.2. The van der Waals surface area contributed by atoms with Crippen LogP contribution in [0.1, 0.15) is 26.2 Å². The van der Waals surface area contributed by atoms with Crippen LogP contribution in [0.15, 0.2) is 0 Å². The molecule has 0 aliphatic rings. The molecule has 0 saturated heterocycles. The van der Waals surface area contributed by atoms with Gasteiger partial charge in [0.05, 0.1) is 0 Å². The molecule has 0 fully saturated rings. The Morgan fingerprint density at radius 3 is 2.75 bits per heavy atom. The third kappa shape index (κ3) is 8.69. The molecule has 74 valence electrons. The number of thioether (sulfide) groups is 1. The van der Waals surface area contributed by atoms with Crippen molar-refractivity contribution in [1.29, 1.82) is 0 Å². The standard InChI is InChI=1S/C9H20ClNS/c1-9(5-3-6-10)11-7-4-8-12-2/h9,11H,3-8H2,1-2H3. The SMILES string of the molecule is CSCCCNC(C)CCCCl. The molecule has 0 spiro atoms. The van der Waals surface area contributed by atoms with E-state index in [1.165, 1.54) is 18.6 Å². The van der Waals surface area contributed by atoms with Crippen molar-refractivity contribution in [3.8, 4) is 0 Å². The van der Waals surface area contributed by atoms with Crippen molar-refractivity contribution in [2.45, 2.75) is 32.2 Å². The van der Waals surface area contributed by atoms with Gasteiger partial charge in [-0.3, -0.25) is 0 Å². The number of alkyl halides is 1. The molecule has 0 radical (unpaired) electrons. The van der Waals surface area contributed by atoms with E-state index in [-0.39, 0.29) is 0 Å². The van der Waals surface area contributed by atoms with Gasteiger partial charge in [-0.25, -0.2) is 0 Å². The van der Waals surface area contributed by atoms with Crippen molar-refractivity contribution in [1.82, 2.24) is 5.32 Å². The topological polar surface area (TPSA) is 12.0 Å². The number of rotatable bonds is 8. The molecular formula is C9H20ClNS. The average Bonchev–Trinajstić information content (AvgIpc) is 2.09. The van der Waals surface area contributed by atoms with Gasteiger partial charge in [-0.1, -0.05) is 0 Å². The van der Waals surface area contributed by atoms with E-state index < -0.39 is 0 Å². The fourth-order valence-corrected chi connectivity index (χ4v) is 1.64. The molecule has 0 aromatic heterocycles. The summed E-state index contributed by atoms with van der Waals surface area (Å²) in [5.74, 6) is 2.05. The highest BCUT2D eigenvalue weighted by atomic mass is 35.5. The number of hydrogen-bond acceptors (Lipinski definition) is 2. The first kappa shape index (κ1) is 12.6. The fraction of sp³-hybridized carbons (Fsp3) is 1.00. The molecule has 0 rings (SSSR count). The molecule has 0 heterocycles. The average molecular weight is 210 g/mol. The molecule has 1 atom stereocenters. The summed E-state index contributed by atoms with van der Waals surface area (Å²) in [6.07, 6.45) is 5.74. The van der Waals surface area contributed by atoms with E-state index in [0.717, 1.165) is 18.8 Å². The third-order valence-corrected chi connectivity index (χ3v) is 2.75. The molecule has 0 aliphatic carbocycles. The molecular weight excluding hydrogens is 190 g/mol. The summed E-state index contributed by atoms with van der Waals surface area (Å²) >= 11 is 7.51. The van der Waals surface area contributed by atoms with E-state index in [9.17, 15) is 0 Å². The number of halogens is 1. The number of hydrogen-bond donors (Lipinski definition) is 1. The fourth-order valence-electron chi connectivity index (χ4n) is 1.05. The zero-order valence-corrected chi connectivity index (χ0v) is 9.68. The Labute approximate surface area is 85.6 Å². The Bertz CT molecular complexity index is 90.6. The smallest absolute Gasteiger partial charge is 0.0224 e. The molecule has 0 aromatic carbocycles. The van der Waals surface area contributed by atoms with Crippen LogP contribution in [0.3, 0.4) is 0 Å². The van der Waals surface area contributed by atoms with Crippen LogP contribution in [0.4, 0.5) is 0 Å². The summed E-state index contributed by atoms with van der Waals surface area (Å²) in [5, 5.41) is 3.48. The lowest BCUT2D eigenvalue weighted by Crippen LogP contribution is -2.27. The lowest BCUT2D eigenvalue weighted by molar-refractivity contribution is 0.510. The molecule has 0 amide bonds. The lowest BCUT2D eigenvalue weighted by Gasteiger charge is -2.12. The van der Waals surface area contributed by atoms with Gasteiger partial charge < -0.3 is 5.32 Å². The first-order valence-corrected chi connectivity index (χ1v) is 6.52. The van der Waals surface area contributed by atoms with Crippen molar-refractivity contribution < 1.29 is 0 Å². The molecule has 1 unspecified atom stereocenters. The summed E-state index contributed by atoms with van der Waals surface area (Å²) in [7, 11) is 0. The molecule has 3 heteroatoms. The quantitative estimate of drug-likeness (QED) is 0.488. The van der Waals surface area contributed by atoms with Crippen LogP contribution >= 0.6 is 23.4 Å². The summed E-state index contributed by atoms with van der Waals surface area (Å²) in [5.41, 5.74) is 0. The molecule has 1 N–H and O–H groups in total. The maximum Gasteiger partial charge on any atom is 0.0224 e. The second kappa shape index (κ2) is 9.69. The minimum atomic E-state index is 0.630. The van der Waals surface area contributed by atoms with Gasteiger partial charge >= 0.3 is 0 Å². The highest BCUT2D eigenvalue weighted by Gasteiger charge is 1.98. The molecule has 0 saturated carbocycles. The first-order chi connectivity index (χ1) is 5.81. The van der Waals surface area contributed by atoms with E-state index in [0.29, 0.717) is 6.04 Å². The highest BCUT2D eigenvalue weighted by Crippen LogP contribution is 1.99. The molecule has 0 aliphatic heterocycles. The van der Waals surface area contributed by atoms with E-state index in [2.05, 4.69) is 18.5 Å². The predicted octanol–water partition coefficient (Wildman–Crippen LogP) is 2.74. The summed E-state index contributed by atoms with van der Waals surface area (Å²) in [6.45, 7) is 3.37. The first-order valence-electron chi connectivity index (χ1n) is 4.59. The van der Waals surface area contributed by atoms with Crippen LogP contribution in [0, 0.1) is 0 Å². The van der Waals surface area contributed by atoms with Gasteiger partial charge in [0.25, 0.3) is 0 Å². The van der Waals surface area contributed by atoms with Crippen molar-refractivity contribution in [3.05, 3.63) is 0 Å². The van der Waals surface area contributed by atoms with Gasteiger partial charge in [-0.05, 0) is 44.7 Å². The summed E-state index contributed by atoms with van der Waals surface area (Å²) < 4.78 is 0. The molecule has 0 bridgehead atoms. The molecule has 1 nitrogen and oxygen atoms in total. The minimum absolute atomic E-state index is 0.630. The van der Waals surface area contributed by atoms with Crippen LogP contribution in [0.5, 0.6) is 0 Å². The van der Waals surface area contributed by atoms with Crippen molar-refractivity contribution in [2.75, 3.05) is 24.4 Å². The minimum Gasteiger partial charge on any atom is -0.314 e. The van der Waals surface area contributed by atoms with Gasteiger partial charge in [-0.2, -0.15) is 11.8 Å². The summed E-state index contributed by atoms with van der Waals surface area (Å²) in [6, 6.07) is 0.630. The second-order valence-corrected chi connectivity index (χ2v) is 4.40. The number of nitrogens with one attached hydrogen (secondary N) is 1. The van der Waals surface area contributed by atoms with Gasteiger partial charge in [0.15, 0.2) is 0 Å². The Morgan fingerprint density at radius 1 is 1.42 bits per heavy atom. The maximum atomic E-state index is 5.60. The van der Waals surface area contributed by atoms with Crippen LogP contribution in [-0.2, 0) is 0 Å². The Balaban J connectivity index is 3.02. The van der Waals surface area contributed by atoms with E-state index in [1.807, 2.05) is 11.8 Å². The summed E-state index contributed by atoms with van der Waals surface area (Å²) in [4.78, 5) is 0.